The quantitative estimate of drug-likeness (QED) is 0.206. The molecular formula is C24H16ClN3OS2. The highest BCUT2D eigenvalue weighted by atomic mass is 35.5. The van der Waals surface area contributed by atoms with E-state index in [2.05, 4.69) is 10.2 Å². The third-order valence-corrected chi connectivity index (χ3v) is 6.91. The van der Waals surface area contributed by atoms with Crippen LogP contribution in [0.15, 0.2) is 89.4 Å². The molecule has 0 N–H and O–H groups in total. The summed E-state index contributed by atoms with van der Waals surface area (Å²) in [5, 5.41) is 14.3. The minimum absolute atomic E-state index is 0.0547. The number of carbonyl (C=O) groups is 1. The monoisotopic (exact) mass is 461 g/mol. The molecule has 0 saturated heterocycles. The van der Waals surface area contributed by atoms with E-state index in [9.17, 15) is 4.79 Å². The van der Waals surface area contributed by atoms with Crippen LogP contribution < -0.4 is 0 Å². The van der Waals surface area contributed by atoms with Crippen LogP contribution in [0.25, 0.3) is 27.2 Å². The molecule has 0 aliphatic carbocycles. The van der Waals surface area contributed by atoms with Gasteiger partial charge in [-0.3, -0.25) is 9.36 Å². The number of nitrogens with zero attached hydrogens (tertiary/aromatic N) is 3. The molecule has 0 spiro atoms. The molecule has 0 atom stereocenters. The van der Waals surface area contributed by atoms with E-state index >= 15 is 0 Å². The molecule has 0 saturated carbocycles. The smallest absolute Gasteiger partial charge is 0.196 e. The number of benzene rings is 3. The van der Waals surface area contributed by atoms with Gasteiger partial charge in [0.1, 0.15) is 0 Å². The van der Waals surface area contributed by atoms with Gasteiger partial charge in [0.25, 0.3) is 0 Å². The van der Waals surface area contributed by atoms with Crippen LogP contribution in [0.4, 0.5) is 0 Å². The maximum Gasteiger partial charge on any atom is 0.196 e. The van der Waals surface area contributed by atoms with E-state index in [1.807, 2.05) is 88.8 Å². The summed E-state index contributed by atoms with van der Waals surface area (Å²) in [6, 6.07) is 25.4. The molecule has 0 fully saturated rings. The Hall–Kier alpha value is -2.93. The van der Waals surface area contributed by atoms with Gasteiger partial charge in [0.15, 0.2) is 16.8 Å². The minimum Gasteiger partial charge on any atom is -0.293 e. The average Bonchev–Trinajstić information content (AvgIpc) is 3.47. The van der Waals surface area contributed by atoms with Crippen molar-refractivity contribution in [3.05, 3.63) is 94.8 Å². The number of halogens is 1. The molecule has 0 bridgehead atoms. The Bertz CT molecular complexity index is 1360. The number of carbonyl (C=O) groups excluding carboxylic acids is 1. The van der Waals surface area contributed by atoms with E-state index in [4.69, 9.17) is 11.6 Å². The van der Waals surface area contributed by atoms with Gasteiger partial charge in [-0.15, -0.1) is 21.5 Å². The first-order valence-electron chi connectivity index (χ1n) is 9.59. The van der Waals surface area contributed by atoms with Crippen LogP contribution in [0.1, 0.15) is 10.4 Å². The van der Waals surface area contributed by atoms with Crippen LogP contribution in [0.3, 0.4) is 0 Å². The van der Waals surface area contributed by atoms with Crippen molar-refractivity contribution in [3.63, 3.8) is 0 Å². The van der Waals surface area contributed by atoms with Gasteiger partial charge >= 0.3 is 0 Å². The molecule has 3 aromatic carbocycles. The molecule has 152 valence electrons. The number of aromatic nitrogens is 3. The first-order chi connectivity index (χ1) is 15.2. The predicted octanol–water partition coefficient (Wildman–Crippen LogP) is 6.78. The number of fused-ring (bicyclic) bond motifs is 1. The third-order valence-electron chi connectivity index (χ3n) is 4.86. The van der Waals surface area contributed by atoms with Crippen molar-refractivity contribution in [1.29, 1.82) is 0 Å². The molecule has 2 heterocycles. The Morgan fingerprint density at radius 1 is 0.935 bits per heavy atom. The minimum atomic E-state index is 0.0547. The van der Waals surface area contributed by atoms with Crippen molar-refractivity contribution in [1.82, 2.24) is 14.8 Å². The number of ketones is 1. The summed E-state index contributed by atoms with van der Waals surface area (Å²) in [7, 11) is 0. The second-order valence-corrected chi connectivity index (χ2v) is 9.20. The standard InChI is InChI=1S/C24H16ClN3OS2/c25-19-9-11-20(12-10-19)28-23(22-6-3-13-30-22)26-27-24(28)31-15-21(29)18-8-7-16-4-1-2-5-17(16)14-18/h1-14H,15H2. The summed E-state index contributed by atoms with van der Waals surface area (Å²) in [6.45, 7) is 0. The maximum absolute atomic E-state index is 12.9. The van der Waals surface area contributed by atoms with Gasteiger partial charge in [0.05, 0.1) is 10.6 Å². The van der Waals surface area contributed by atoms with Crippen molar-refractivity contribution in [2.24, 2.45) is 0 Å². The normalized spacial score (nSPS) is 11.1. The Balaban J connectivity index is 1.44. The molecule has 5 aromatic rings. The first-order valence-corrected chi connectivity index (χ1v) is 11.8. The number of Topliss-reactive ketones (excluding diaryl/α,β-unsaturated/α-hetero) is 1. The molecule has 7 heteroatoms. The van der Waals surface area contributed by atoms with Gasteiger partial charge in [-0.1, -0.05) is 65.8 Å². The highest BCUT2D eigenvalue weighted by Crippen LogP contribution is 2.31. The third kappa shape index (κ3) is 4.14. The van der Waals surface area contributed by atoms with Gasteiger partial charge in [-0.2, -0.15) is 0 Å². The van der Waals surface area contributed by atoms with Crippen molar-refractivity contribution < 1.29 is 4.79 Å². The Labute approximate surface area is 192 Å². The van der Waals surface area contributed by atoms with Crippen LogP contribution in [0.2, 0.25) is 5.02 Å². The molecule has 0 aliphatic heterocycles. The summed E-state index contributed by atoms with van der Waals surface area (Å²) in [5.74, 6) is 1.08. The molecule has 0 unspecified atom stereocenters. The molecule has 4 nitrogen and oxygen atoms in total. The fourth-order valence-corrected chi connectivity index (χ4v) is 5.00. The summed E-state index contributed by atoms with van der Waals surface area (Å²) in [6.07, 6.45) is 0. The lowest BCUT2D eigenvalue weighted by Gasteiger charge is -2.09. The van der Waals surface area contributed by atoms with E-state index in [0.717, 1.165) is 27.2 Å². The highest BCUT2D eigenvalue weighted by molar-refractivity contribution is 7.99. The average molecular weight is 462 g/mol. The summed E-state index contributed by atoms with van der Waals surface area (Å²) in [5.41, 5.74) is 1.60. The first kappa shape index (κ1) is 20.0. The van der Waals surface area contributed by atoms with Gasteiger partial charge in [-0.25, -0.2) is 0 Å². The number of hydrogen-bond acceptors (Lipinski definition) is 5. The topological polar surface area (TPSA) is 47.8 Å². The molecule has 5 rings (SSSR count). The summed E-state index contributed by atoms with van der Waals surface area (Å²) < 4.78 is 1.97. The van der Waals surface area contributed by atoms with Crippen molar-refractivity contribution in [2.75, 3.05) is 5.75 Å². The van der Waals surface area contributed by atoms with Gasteiger partial charge in [-0.05, 0) is 52.6 Å². The number of rotatable bonds is 6. The van der Waals surface area contributed by atoms with Crippen molar-refractivity contribution in [3.8, 4) is 16.4 Å². The van der Waals surface area contributed by atoms with Crippen LogP contribution in [-0.2, 0) is 0 Å². The van der Waals surface area contributed by atoms with Gasteiger partial charge in [0.2, 0.25) is 0 Å². The van der Waals surface area contributed by atoms with Crippen LogP contribution in [0.5, 0.6) is 0 Å². The zero-order valence-corrected chi connectivity index (χ0v) is 18.6. The SMILES string of the molecule is O=C(CSc1nnc(-c2cccs2)n1-c1ccc(Cl)cc1)c1ccc2ccccc2c1. The van der Waals surface area contributed by atoms with Crippen molar-refractivity contribution >= 4 is 51.3 Å². The molecule has 2 aromatic heterocycles. The number of thiophene rings is 1. The van der Waals surface area contributed by atoms with E-state index in [0.29, 0.717) is 15.7 Å². The second kappa shape index (κ2) is 8.67. The van der Waals surface area contributed by atoms with E-state index in [1.165, 1.54) is 11.8 Å². The van der Waals surface area contributed by atoms with Crippen LogP contribution in [-0.4, -0.2) is 26.3 Å². The Morgan fingerprint density at radius 3 is 2.52 bits per heavy atom. The zero-order chi connectivity index (χ0) is 21.2. The fraction of sp³-hybridized carbons (Fsp3) is 0.0417. The fourth-order valence-electron chi connectivity index (χ4n) is 3.33. The lowest BCUT2D eigenvalue weighted by molar-refractivity contribution is 0.102. The molecule has 0 aliphatic rings. The zero-order valence-electron chi connectivity index (χ0n) is 16.2. The second-order valence-electron chi connectivity index (χ2n) is 6.87. The number of hydrogen-bond donors (Lipinski definition) is 0. The predicted molar refractivity (Wildman–Crippen MR) is 129 cm³/mol. The lowest BCUT2D eigenvalue weighted by atomic mass is 10.1. The number of thioether (sulfide) groups is 1. The lowest BCUT2D eigenvalue weighted by Crippen LogP contribution is -2.05. The van der Waals surface area contributed by atoms with E-state index in [-0.39, 0.29) is 11.5 Å². The van der Waals surface area contributed by atoms with Crippen molar-refractivity contribution in [2.45, 2.75) is 5.16 Å². The van der Waals surface area contributed by atoms with E-state index < -0.39 is 0 Å². The molecule has 31 heavy (non-hydrogen) atoms. The van der Waals surface area contributed by atoms with Gasteiger partial charge in [0, 0.05) is 16.3 Å². The van der Waals surface area contributed by atoms with E-state index in [1.54, 1.807) is 11.3 Å². The summed E-state index contributed by atoms with van der Waals surface area (Å²) >= 11 is 9.06. The molecule has 0 radical (unpaired) electrons. The Kier molecular flexibility index (Phi) is 5.59. The van der Waals surface area contributed by atoms with Gasteiger partial charge < -0.3 is 0 Å². The Morgan fingerprint density at radius 2 is 1.74 bits per heavy atom. The summed E-state index contributed by atoms with van der Waals surface area (Å²) in [4.78, 5) is 13.9. The molecule has 0 amide bonds. The maximum atomic E-state index is 12.9. The molecular weight excluding hydrogens is 446 g/mol. The van der Waals surface area contributed by atoms with Crippen LogP contribution in [0, 0.1) is 0 Å². The van der Waals surface area contributed by atoms with Crippen LogP contribution >= 0.6 is 34.7 Å². The highest BCUT2D eigenvalue weighted by Gasteiger charge is 2.18. The largest absolute Gasteiger partial charge is 0.293 e.